The number of nitrogens with one attached hydrogen (secondary N) is 1. The number of benzene rings is 3. The smallest absolute Gasteiger partial charge is 0.251 e. The molecule has 0 saturated heterocycles. The van der Waals surface area contributed by atoms with Crippen LogP contribution in [0, 0.1) is 13.8 Å². The van der Waals surface area contributed by atoms with Gasteiger partial charge in [0.15, 0.2) is 0 Å². The summed E-state index contributed by atoms with van der Waals surface area (Å²) in [5.74, 6) is 2.33. The molecule has 0 spiro atoms. The molecule has 176 valence electrons. The van der Waals surface area contributed by atoms with Gasteiger partial charge in [-0.05, 0) is 80.8 Å². The molecule has 0 fully saturated rings. The Kier molecular flexibility index (Phi) is 7.16. The fourth-order valence-corrected chi connectivity index (χ4v) is 4.01. The predicted molar refractivity (Wildman–Crippen MR) is 135 cm³/mol. The Bertz CT molecular complexity index is 1280. The maximum absolute atomic E-state index is 12.8. The van der Waals surface area contributed by atoms with Gasteiger partial charge in [-0.15, -0.1) is 0 Å². The normalized spacial score (nSPS) is 11.9. The molecule has 1 N–H and O–H groups in total. The molecule has 0 saturated carbocycles. The van der Waals surface area contributed by atoms with Crippen molar-refractivity contribution in [2.45, 2.75) is 39.8 Å². The van der Waals surface area contributed by atoms with Crippen molar-refractivity contribution in [2.24, 2.45) is 0 Å². The highest BCUT2D eigenvalue weighted by molar-refractivity contribution is 5.94. The number of aryl methyl sites for hydroxylation is 3. The first-order chi connectivity index (χ1) is 16.5. The van der Waals surface area contributed by atoms with E-state index in [0.717, 1.165) is 46.9 Å². The molecule has 1 atom stereocenters. The Balaban J connectivity index is 1.47. The molecule has 0 aliphatic heterocycles. The molecule has 4 rings (SSSR count). The van der Waals surface area contributed by atoms with Crippen LogP contribution >= 0.6 is 0 Å². The number of nitrogens with zero attached hydrogens (tertiary/aromatic N) is 2. The molecule has 0 aliphatic carbocycles. The van der Waals surface area contributed by atoms with Crippen molar-refractivity contribution in [3.05, 3.63) is 89.2 Å². The number of hydrogen-bond acceptors (Lipinski definition) is 4. The Morgan fingerprint density at radius 2 is 1.82 bits per heavy atom. The van der Waals surface area contributed by atoms with Crippen molar-refractivity contribution in [2.75, 3.05) is 13.7 Å². The molecule has 1 unspecified atom stereocenters. The number of methoxy groups -OCH3 is 1. The van der Waals surface area contributed by atoms with E-state index in [1.165, 1.54) is 5.56 Å². The SMILES string of the molecule is COc1ccc(C(=O)NC(C)c2nc3ccccc3n2CCCOc2cc(C)ccc2C)cc1. The molecule has 0 aliphatic rings. The van der Waals surface area contributed by atoms with Gasteiger partial charge in [-0.25, -0.2) is 4.98 Å². The maximum atomic E-state index is 12.8. The van der Waals surface area contributed by atoms with Crippen LogP contribution in [-0.2, 0) is 6.54 Å². The summed E-state index contributed by atoms with van der Waals surface area (Å²) in [6.07, 6.45) is 0.819. The van der Waals surface area contributed by atoms with Crippen molar-refractivity contribution >= 4 is 16.9 Å². The summed E-state index contributed by atoms with van der Waals surface area (Å²) in [5, 5.41) is 3.09. The van der Waals surface area contributed by atoms with Gasteiger partial charge in [0.1, 0.15) is 17.3 Å². The quantitative estimate of drug-likeness (QED) is 0.331. The number of para-hydroxylation sites is 2. The maximum Gasteiger partial charge on any atom is 0.251 e. The van der Waals surface area contributed by atoms with E-state index in [1.807, 2.05) is 25.1 Å². The van der Waals surface area contributed by atoms with Gasteiger partial charge in [0, 0.05) is 12.1 Å². The second kappa shape index (κ2) is 10.4. The first kappa shape index (κ1) is 23.4. The topological polar surface area (TPSA) is 65.4 Å². The zero-order valence-electron chi connectivity index (χ0n) is 20.2. The molecule has 0 radical (unpaired) electrons. The lowest BCUT2D eigenvalue weighted by atomic mass is 10.1. The third-order valence-electron chi connectivity index (χ3n) is 5.90. The Morgan fingerprint density at radius 1 is 1.06 bits per heavy atom. The Labute approximate surface area is 200 Å². The molecule has 1 amide bonds. The minimum atomic E-state index is -0.262. The molecular formula is C28H31N3O3. The van der Waals surface area contributed by atoms with Crippen molar-refractivity contribution in [3.63, 3.8) is 0 Å². The molecule has 1 heterocycles. The van der Waals surface area contributed by atoms with Gasteiger partial charge in [-0.3, -0.25) is 4.79 Å². The molecule has 6 nitrogen and oxygen atoms in total. The van der Waals surface area contributed by atoms with E-state index in [2.05, 4.69) is 48.0 Å². The van der Waals surface area contributed by atoms with E-state index in [0.29, 0.717) is 12.2 Å². The van der Waals surface area contributed by atoms with Crippen molar-refractivity contribution in [1.82, 2.24) is 14.9 Å². The van der Waals surface area contributed by atoms with Crippen LogP contribution in [0.3, 0.4) is 0 Å². The summed E-state index contributed by atoms with van der Waals surface area (Å²) in [5.41, 5.74) is 4.87. The second-order valence-electron chi connectivity index (χ2n) is 8.50. The lowest BCUT2D eigenvalue weighted by Gasteiger charge is -2.17. The number of rotatable bonds is 9. The van der Waals surface area contributed by atoms with E-state index >= 15 is 0 Å². The van der Waals surface area contributed by atoms with E-state index in [4.69, 9.17) is 14.5 Å². The zero-order chi connectivity index (χ0) is 24.1. The summed E-state index contributed by atoms with van der Waals surface area (Å²) in [6.45, 7) is 7.43. The van der Waals surface area contributed by atoms with Crippen LogP contribution in [-0.4, -0.2) is 29.2 Å². The van der Waals surface area contributed by atoms with Crippen molar-refractivity contribution < 1.29 is 14.3 Å². The van der Waals surface area contributed by atoms with E-state index < -0.39 is 0 Å². The number of aromatic nitrogens is 2. The molecule has 1 aromatic heterocycles. The van der Waals surface area contributed by atoms with Crippen LogP contribution < -0.4 is 14.8 Å². The summed E-state index contributed by atoms with van der Waals surface area (Å²) >= 11 is 0. The predicted octanol–water partition coefficient (Wildman–Crippen LogP) is 5.62. The fourth-order valence-electron chi connectivity index (χ4n) is 4.01. The second-order valence-corrected chi connectivity index (χ2v) is 8.50. The van der Waals surface area contributed by atoms with Crippen LogP contribution in [0.2, 0.25) is 0 Å². The highest BCUT2D eigenvalue weighted by Gasteiger charge is 2.19. The molecule has 6 heteroatoms. The first-order valence-electron chi connectivity index (χ1n) is 11.6. The molecular weight excluding hydrogens is 426 g/mol. The van der Waals surface area contributed by atoms with Crippen molar-refractivity contribution in [1.29, 1.82) is 0 Å². The van der Waals surface area contributed by atoms with Crippen LogP contribution in [0.25, 0.3) is 11.0 Å². The summed E-state index contributed by atoms with van der Waals surface area (Å²) in [6, 6.07) is 21.1. The number of imidazole rings is 1. The zero-order valence-corrected chi connectivity index (χ0v) is 20.2. The third-order valence-corrected chi connectivity index (χ3v) is 5.90. The lowest BCUT2D eigenvalue weighted by molar-refractivity contribution is 0.0937. The third kappa shape index (κ3) is 5.22. The lowest BCUT2D eigenvalue weighted by Crippen LogP contribution is -2.28. The van der Waals surface area contributed by atoms with Crippen LogP contribution in [0.4, 0.5) is 0 Å². The standard InChI is InChI=1S/C28H31N3O3/c1-19-10-11-20(2)26(18-19)34-17-7-16-31-25-9-6-5-8-24(25)30-27(31)21(3)29-28(32)22-12-14-23(33-4)15-13-22/h5-6,8-15,18,21H,7,16-17H2,1-4H3,(H,29,32). The van der Waals surface area contributed by atoms with Gasteiger partial charge in [-0.1, -0.05) is 24.3 Å². The number of amides is 1. The summed E-state index contributed by atoms with van der Waals surface area (Å²) in [7, 11) is 1.61. The highest BCUT2D eigenvalue weighted by Crippen LogP contribution is 2.23. The number of ether oxygens (including phenoxy) is 2. The largest absolute Gasteiger partial charge is 0.497 e. The van der Waals surface area contributed by atoms with Gasteiger partial charge in [0.25, 0.3) is 5.91 Å². The van der Waals surface area contributed by atoms with Gasteiger partial charge >= 0.3 is 0 Å². The highest BCUT2D eigenvalue weighted by atomic mass is 16.5. The van der Waals surface area contributed by atoms with Crippen molar-refractivity contribution in [3.8, 4) is 11.5 Å². The molecule has 4 aromatic rings. The monoisotopic (exact) mass is 457 g/mol. The number of carbonyl (C=O) groups excluding carboxylic acids is 1. The molecule has 0 bridgehead atoms. The van der Waals surface area contributed by atoms with Gasteiger partial charge in [0.2, 0.25) is 0 Å². The van der Waals surface area contributed by atoms with E-state index in [-0.39, 0.29) is 11.9 Å². The Hall–Kier alpha value is -3.80. The minimum absolute atomic E-state index is 0.146. The average Bonchev–Trinajstić information content (AvgIpc) is 3.22. The van der Waals surface area contributed by atoms with Crippen LogP contribution in [0.5, 0.6) is 11.5 Å². The van der Waals surface area contributed by atoms with Gasteiger partial charge in [0.05, 0.1) is 30.8 Å². The van der Waals surface area contributed by atoms with E-state index in [1.54, 1.807) is 31.4 Å². The number of fused-ring (bicyclic) bond motifs is 1. The fraction of sp³-hybridized carbons (Fsp3) is 0.286. The minimum Gasteiger partial charge on any atom is -0.497 e. The molecule has 3 aromatic carbocycles. The molecule has 34 heavy (non-hydrogen) atoms. The number of carbonyl (C=O) groups is 1. The van der Waals surface area contributed by atoms with E-state index in [9.17, 15) is 4.79 Å². The van der Waals surface area contributed by atoms with Gasteiger partial charge < -0.3 is 19.4 Å². The Morgan fingerprint density at radius 3 is 2.59 bits per heavy atom. The summed E-state index contributed by atoms with van der Waals surface area (Å²) < 4.78 is 13.4. The average molecular weight is 458 g/mol. The van der Waals surface area contributed by atoms with Gasteiger partial charge in [-0.2, -0.15) is 0 Å². The van der Waals surface area contributed by atoms with Crippen LogP contribution in [0.1, 0.15) is 46.7 Å². The van der Waals surface area contributed by atoms with Crippen LogP contribution in [0.15, 0.2) is 66.7 Å². The first-order valence-corrected chi connectivity index (χ1v) is 11.6. The summed E-state index contributed by atoms with van der Waals surface area (Å²) in [4.78, 5) is 17.7. The number of hydrogen-bond donors (Lipinski definition) is 1.